The molecule has 0 radical (unpaired) electrons. The van der Waals surface area contributed by atoms with Gasteiger partial charge in [-0.1, -0.05) is 11.6 Å². The van der Waals surface area contributed by atoms with Crippen molar-refractivity contribution < 1.29 is 19.4 Å². The Morgan fingerprint density at radius 1 is 1.33 bits per heavy atom. The molecule has 2 aliphatic rings. The molecule has 0 aromatic carbocycles. The van der Waals surface area contributed by atoms with E-state index in [0.717, 1.165) is 0 Å². The van der Waals surface area contributed by atoms with Crippen molar-refractivity contribution in [2.45, 2.75) is 24.9 Å². The number of aliphatic carboxylic acids is 1. The van der Waals surface area contributed by atoms with Crippen LogP contribution in [-0.4, -0.2) is 81.5 Å². The molecule has 1 aromatic rings. The highest BCUT2D eigenvalue weighted by molar-refractivity contribution is 6.30. The van der Waals surface area contributed by atoms with Crippen molar-refractivity contribution in [3.05, 3.63) is 17.4 Å². The number of carboxylic acids is 1. The number of piperazine rings is 1. The zero-order valence-electron chi connectivity index (χ0n) is 13.4. The molecular weight excluding hydrogens is 336 g/mol. The third-order valence-corrected chi connectivity index (χ3v) is 4.99. The molecular formula is C15H21ClN4O4. The lowest BCUT2D eigenvalue weighted by Crippen LogP contribution is -2.61. The van der Waals surface area contributed by atoms with Gasteiger partial charge in [-0.3, -0.25) is 19.2 Å². The summed E-state index contributed by atoms with van der Waals surface area (Å²) in [6.07, 6.45) is 4.07. The number of halogens is 1. The molecule has 132 valence electrons. The van der Waals surface area contributed by atoms with Crippen LogP contribution in [0.3, 0.4) is 0 Å². The Kier molecular flexibility index (Phi) is 5.07. The van der Waals surface area contributed by atoms with E-state index in [4.69, 9.17) is 16.3 Å². The van der Waals surface area contributed by atoms with E-state index < -0.39 is 11.5 Å². The maximum absolute atomic E-state index is 12.3. The topological polar surface area (TPSA) is 87.9 Å². The minimum atomic E-state index is -0.930. The molecule has 9 heteroatoms. The first-order valence-corrected chi connectivity index (χ1v) is 8.41. The van der Waals surface area contributed by atoms with Gasteiger partial charge in [0.15, 0.2) is 0 Å². The second-order valence-electron chi connectivity index (χ2n) is 6.18. The number of carbonyl (C=O) groups excluding carboxylic acids is 1. The largest absolute Gasteiger partial charge is 0.480 e. The van der Waals surface area contributed by atoms with Crippen LogP contribution in [0.15, 0.2) is 12.4 Å². The highest BCUT2D eigenvalue weighted by Crippen LogP contribution is 2.28. The van der Waals surface area contributed by atoms with E-state index in [2.05, 4.69) is 5.10 Å². The third kappa shape index (κ3) is 3.40. The van der Waals surface area contributed by atoms with Crippen molar-refractivity contribution in [1.82, 2.24) is 19.6 Å². The number of nitrogens with zero attached hydrogens (tertiary/aromatic N) is 4. The fourth-order valence-electron chi connectivity index (χ4n) is 3.32. The van der Waals surface area contributed by atoms with Crippen LogP contribution < -0.4 is 0 Å². The molecule has 0 saturated carbocycles. The number of rotatable bonds is 5. The number of carbonyl (C=O) groups is 2. The SMILES string of the molecule is O=C(CCn1cc(Cl)cn1)N1CCN(C2(C(=O)O)CCOC2)CC1. The van der Waals surface area contributed by atoms with Gasteiger partial charge in [0.25, 0.3) is 0 Å². The van der Waals surface area contributed by atoms with Crippen molar-refractivity contribution in [1.29, 1.82) is 0 Å². The molecule has 0 bridgehead atoms. The first-order valence-electron chi connectivity index (χ1n) is 8.03. The van der Waals surface area contributed by atoms with Crippen molar-refractivity contribution in [3.63, 3.8) is 0 Å². The lowest BCUT2D eigenvalue weighted by atomic mass is 9.95. The molecule has 8 nitrogen and oxygen atoms in total. The Balaban J connectivity index is 1.51. The summed E-state index contributed by atoms with van der Waals surface area (Å²) in [7, 11) is 0. The highest BCUT2D eigenvalue weighted by atomic mass is 35.5. The fraction of sp³-hybridized carbons (Fsp3) is 0.667. The van der Waals surface area contributed by atoms with Gasteiger partial charge in [-0.05, 0) is 0 Å². The number of aromatic nitrogens is 2. The summed E-state index contributed by atoms with van der Waals surface area (Å²) in [5.74, 6) is -0.788. The number of carboxylic acid groups (broad SMARTS) is 1. The Hall–Kier alpha value is -1.64. The molecule has 0 aliphatic carbocycles. The molecule has 2 saturated heterocycles. The maximum Gasteiger partial charge on any atom is 0.326 e. The molecule has 1 aromatic heterocycles. The van der Waals surface area contributed by atoms with Gasteiger partial charge < -0.3 is 14.7 Å². The van der Waals surface area contributed by atoms with Gasteiger partial charge in [0.05, 0.1) is 17.8 Å². The summed E-state index contributed by atoms with van der Waals surface area (Å²) >= 11 is 5.80. The van der Waals surface area contributed by atoms with Gasteiger partial charge in [0.2, 0.25) is 5.91 Å². The average Bonchev–Trinajstić information content (AvgIpc) is 3.22. The fourth-order valence-corrected chi connectivity index (χ4v) is 3.48. The van der Waals surface area contributed by atoms with E-state index in [9.17, 15) is 14.7 Å². The average molecular weight is 357 g/mol. The maximum atomic E-state index is 12.3. The normalized spacial score (nSPS) is 25.1. The summed E-state index contributed by atoms with van der Waals surface area (Å²) in [4.78, 5) is 27.7. The summed E-state index contributed by atoms with van der Waals surface area (Å²) in [6, 6.07) is 0. The summed E-state index contributed by atoms with van der Waals surface area (Å²) in [5, 5.41) is 14.2. The molecule has 24 heavy (non-hydrogen) atoms. The standard InChI is InChI=1S/C15H21ClN4O4/c16-12-9-17-20(10-12)3-1-13(21)18-4-6-19(7-5-18)15(14(22)23)2-8-24-11-15/h9-10H,1-8,11H2,(H,22,23). The van der Waals surface area contributed by atoms with Crippen LogP contribution in [0, 0.1) is 0 Å². The van der Waals surface area contributed by atoms with E-state index in [-0.39, 0.29) is 12.5 Å². The molecule has 1 atom stereocenters. The molecule has 2 fully saturated rings. The summed E-state index contributed by atoms with van der Waals surface area (Å²) in [5.41, 5.74) is -0.930. The molecule has 1 amide bonds. The second-order valence-corrected chi connectivity index (χ2v) is 6.62. The van der Waals surface area contributed by atoms with Gasteiger partial charge in [-0.25, -0.2) is 0 Å². The quantitative estimate of drug-likeness (QED) is 0.817. The van der Waals surface area contributed by atoms with Crippen LogP contribution in [0.1, 0.15) is 12.8 Å². The lowest BCUT2D eigenvalue weighted by Gasteiger charge is -2.42. The predicted octanol–water partition coefficient (Wildman–Crippen LogP) is 0.315. The van der Waals surface area contributed by atoms with Crippen LogP contribution in [0.25, 0.3) is 0 Å². The zero-order valence-corrected chi connectivity index (χ0v) is 14.1. The minimum Gasteiger partial charge on any atom is -0.480 e. The molecule has 3 rings (SSSR count). The van der Waals surface area contributed by atoms with Crippen LogP contribution in [0.2, 0.25) is 5.02 Å². The van der Waals surface area contributed by atoms with Crippen LogP contribution >= 0.6 is 11.6 Å². The smallest absolute Gasteiger partial charge is 0.326 e. The molecule has 1 unspecified atom stereocenters. The number of aryl methyl sites for hydroxylation is 1. The van der Waals surface area contributed by atoms with E-state index in [1.54, 1.807) is 22.0 Å². The number of hydrogen-bond donors (Lipinski definition) is 1. The van der Waals surface area contributed by atoms with E-state index in [1.807, 2.05) is 4.90 Å². The molecule has 2 aliphatic heterocycles. The first kappa shape index (κ1) is 17.2. The van der Waals surface area contributed by atoms with Crippen LogP contribution in [-0.2, 0) is 20.9 Å². The van der Waals surface area contributed by atoms with Gasteiger partial charge in [-0.2, -0.15) is 5.10 Å². The van der Waals surface area contributed by atoms with Crippen LogP contribution in [0.5, 0.6) is 0 Å². The highest BCUT2D eigenvalue weighted by Gasteiger charge is 2.48. The Morgan fingerprint density at radius 3 is 2.62 bits per heavy atom. The van der Waals surface area contributed by atoms with E-state index in [1.165, 1.54) is 0 Å². The third-order valence-electron chi connectivity index (χ3n) is 4.79. The molecule has 3 heterocycles. The van der Waals surface area contributed by atoms with Gasteiger partial charge in [-0.15, -0.1) is 0 Å². The Morgan fingerprint density at radius 2 is 2.08 bits per heavy atom. The first-order chi connectivity index (χ1) is 11.5. The second kappa shape index (κ2) is 7.08. The van der Waals surface area contributed by atoms with Gasteiger partial charge in [0, 0.05) is 58.4 Å². The van der Waals surface area contributed by atoms with Crippen molar-refractivity contribution in [3.8, 4) is 0 Å². The number of ether oxygens (including phenoxy) is 1. The molecule has 1 N–H and O–H groups in total. The molecule has 0 spiro atoms. The number of hydrogen-bond acceptors (Lipinski definition) is 5. The van der Waals surface area contributed by atoms with E-state index >= 15 is 0 Å². The Bertz CT molecular complexity index is 606. The minimum absolute atomic E-state index is 0.0494. The van der Waals surface area contributed by atoms with Crippen LogP contribution in [0.4, 0.5) is 0 Å². The zero-order chi connectivity index (χ0) is 17.2. The monoisotopic (exact) mass is 356 g/mol. The van der Waals surface area contributed by atoms with E-state index in [0.29, 0.717) is 57.2 Å². The predicted molar refractivity (Wildman–Crippen MR) is 85.8 cm³/mol. The number of amides is 1. The van der Waals surface area contributed by atoms with Crippen molar-refractivity contribution >= 4 is 23.5 Å². The van der Waals surface area contributed by atoms with Gasteiger partial charge in [0.1, 0.15) is 5.54 Å². The Labute approximate surface area is 144 Å². The van der Waals surface area contributed by atoms with Gasteiger partial charge >= 0.3 is 5.97 Å². The summed E-state index contributed by atoms with van der Waals surface area (Å²) < 4.78 is 6.96. The lowest BCUT2D eigenvalue weighted by molar-refractivity contribution is -0.154. The van der Waals surface area contributed by atoms with Crippen molar-refractivity contribution in [2.75, 3.05) is 39.4 Å². The van der Waals surface area contributed by atoms with Crippen molar-refractivity contribution in [2.24, 2.45) is 0 Å². The summed E-state index contributed by atoms with van der Waals surface area (Å²) in [6.45, 7) is 3.35.